The molecule has 0 saturated carbocycles. The molecule has 1 aromatic heterocycles. The highest BCUT2D eigenvalue weighted by molar-refractivity contribution is 5.97. The Morgan fingerprint density at radius 3 is 1.80 bits per heavy atom. The summed E-state index contributed by atoms with van der Waals surface area (Å²) in [4.78, 5) is 22.4. The molecule has 0 spiro atoms. The molecule has 150 valence electrons. The minimum Gasteiger partial charge on any atom is -0.287 e. The predicted molar refractivity (Wildman–Crippen MR) is 121 cm³/mol. The van der Waals surface area contributed by atoms with Gasteiger partial charge < -0.3 is 0 Å². The second-order valence-electron chi connectivity index (χ2n) is 8.19. The van der Waals surface area contributed by atoms with Crippen molar-refractivity contribution in [2.24, 2.45) is 0 Å². The second-order valence-corrected chi connectivity index (χ2v) is 8.19. The number of carbonyl (C=O) groups is 1. The molecule has 1 heterocycles. The maximum absolute atomic E-state index is 12.6. The molecular weight excluding hydrogens is 372 g/mol. The molecule has 0 fully saturated rings. The number of nitrogens with one attached hydrogen (secondary N) is 2. The van der Waals surface area contributed by atoms with E-state index < -0.39 is 0 Å². The molecule has 3 aromatic carbocycles. The van der Waals surface area contributed by atoms with Crippen LogP contribution in [0.2, 0.25) is 0 Å². The van der Waals surface area contributed by atoms with Crippen molar-refractivity contribution in [3.63, 3.8) is 0 Å². The number of nitrogens with zero attached hydrogens (tertiary/aromatic N) is 2. The van der Waals surface area contributed by atoms with E-state index in [0.29, 0.717) is 11.1 Å². The second kappa shape index (κ2) is 8.05. The average molecular weight is 396 g/mol. The number of benzene rings is 3. The molecule has 0 radical (unpaired) electrons. The summed E-state index contributed by atoms with van der Waals surface area (Å²) in [5, 5.41) is 0. The van der Waals surface area contributed by atoms with Crippen molar-refractivity contribution in [2.75, 3.05) is 0 Å². The molecule has 30 heavy (non-hydrogen) atoms. The Balaban J connectivity index is 1.81. The number of rotatable bonds is 4. The first-order valence-electron chi connectivity index (χ1n) is 9.91. The Morgan fingerprint density at radius 1 is 0.733 bits per heavy atom. The molecule has 4 rings (SSSR count). The summed E-state index contributed by atoms with van der Waals surface area (Å²) in [6.45, 7) is 5.95. The lowest BCUT2D eigenvalue weighted by molar-refractivity contribution is 0.0914. The summed E-state index contributed by atoms with van der Waals surface area (Å²) in [5.74, 6) is -0.206. The lowest BCUT2D eigenvalue weighted by Gasteiger charge is -2.21. The third-order valence-electron chi connectivity index (χ3n) is 4.57. The first-order chi connectivity index (χ1) is 14.4. The summed E-state index contributed by atoms with van der Waals surface area (Å²) in [6.07, 6.45) is 0. The third kappa shape index (κ3) is 4.36. The fourth-order valence-electron chi connectivity index (χ4n) is 3.11. The largest absolute Gasteiger partial charge is 0.287 e. The van der Waals surface area contributed by atoms with E-state index in [1.807, 2.05) is 87.5 Å². The predicted octanol–water partition coefficient (Wildman–Crippen LogP) is 5.00. The fourth-order valence-corrected chi connectivity index (χ4v) is 3.11. The van der Waals surface area contributed by atoms with Gasteiger partial charge in [-0.15, -0.1) is 0 Å². The minimum atomic E-state index is -0.225. The van der Waals surface area contributed by atoms with Gasteiger partial charge in [-0.3, -0.25) is 10.2 Å². The highest BCUT2D eigenvalue weighted by atomic mass is 16.2. The molecule has 0 aliphatic carbocycles. The Kier molecular flexibility index (Phi) is 5.29. The van der Waals surface area contributed by atoms with E-state index in [4.69, 9.17) is 9.97 Å². The fraction of sp³-hybridized carbons (Fsp3) is 0.160. The first-order valence-corrected chi connectivity index (χ1v) is 9.91. The van der Waals surface area contributed by atoms with E-state index in [1.54, 1.807) is 12.1 Å². The van der Waals surface area contributed by atoms with Gasteiger partial charge >= 0.3 is 0 Å². The quantitative estimate of drug-likeness (QED) is 0.477. The maximum Gasteiger partial charge on any atom is 0.265 e. The van der Waals surface area contributed by atoms with Crippen LogP contribution < -0.4 is 10.9 Å². The Hall–Kier alpha value is -3.57. The van der Waals surface area contributed by atoms with E-state index in [1.165, 1.54) is 0 Å². The van der Waals surface area contributed by atoms with Gasteiger partial charge in [0.1, 0.15) is 0 Å². The van der Waals surface area contributed by atoms with E-state index in [0.717, 1.165) is 28.0 Å². The van der Waals surface area contributed by atoms with E-state index in [2.05, 4.69) is 10.9 Å². The molecule has 4 aromatic rings. The minimum absolute atomic E-state index is 0.206. The number of amides is 1. The van der Waals surface area contributed by atoms with Crippen LogP contribution in [0.15, 0.2) is 78.9 Å². The van der Waals surface area contributed by atoms with Gasteiger partial charge in [-0.05, 0) is 39.0 Å². The summed E-state index contributed by atoms with van der Waals surface area (Å²) < 4.78 is 0. The van der Waals surface area contributed by atoms with Crippen molar-refractivity contribution in [1.29, 1.82) is 0 Å². The SMILES string of the molecule is CC(C)(C)NNC(=O)c1ccc2nc(-c3ccccc3)c(-c3ccccc3)nc2c1. The van der Waals surface area contributed by atoms with E-state index >= 15 is 0 Å². The van der Waals surface area contributed by atoms with Crippen LogP contribution in [0.5, 0.6) is 0 Å². The van der Waals surface area contributed by atoms with E-state index in [9.17, 15) is 4.79 Å². The van der Waals surface area contributed by atoms with Crippen molar-refractivity contribution < 1.29 is 4.79 Å². The molecular formula is C25H24N4O. The maximum atomic E-state index is 12.6. The Morgan fingerprint density at radius 2 is 1.27 bits per heavy atom. The summed E-state index contributed by atoms with van der Waals surface area (Å²) in [7, 11) is 0. The summed E-state index contributed by atoms with van der Waals surface area (Å²) >= 11 is 0. The summed E-state index contributed by atoms with van der Waals surface area (Å²) in [6, 6.07) is 25.4. The summed E-state index contributed by atoms with van der Waals surface area (Å²) in [5.41, 5.74) is 11.1. The van der Waals surface area contributed by atoms with Gasteiger partial charge in [-0.25, -0.2) is 15.4 Å². The van der Waals surface area contributed by atoms with Crippen LogP contribution in [0.1, 0.15) is 31.1 Å². The number of carbonyl (C=O) groups excluding carboxylic acids is 1. The van der Waals surface area contributed by atoms with Crippen LogP contribution in [0.4, 0.5) is 0 Å². The first kappa shape index (κ1) is 19.7. The number of hydrazine groups is 1. The zero-order valence-electron chi connectivity index (χ0n) is 17.3. The van der Waals surface area contributed by atoms with Crippen molar-refractivity contribution in [3.05, 3.63) is 84.4 Å². The van der Waals surface area contributed by atoms with Gasteiger partial charge in [0.2, 0.25) is 0 Å². The van der Waals surface area contributed by atoms with Crippen LogP contribution in [0.25, 0.3) is 33.5 Å². The van der Waals surface area contributed by atoms with Crippen LogP contribution in [0, 0.1) is 0 Å². The molecule has 2 N–H and O–H groups in total. The number of hydrogen-bond acceptors (Lipinski definition) is 4. The van der Waals surface area contributed by atoms with Gasteiger partial charge in [0.05, 0.1) is 22.4 Å². The van der Waals surface area contributed by atoms with Crippen molar-refractivity contribution >= 4 is 16.9 Å². The van der Waals surface area contributed by atoms with Crippen LogP contribution in [0.3, 0.4) is 0 Å². The molecule has 0 aliphatic rings. The number of hydrogen-bond donors (Lipinski definition) is 2. The molecule has 0 saturated heterocycles. The molecule has 0 bridgehead atoms. The lowest BCUT2D eigenvalue weighted by Crippen LogP contribution is -2.48. The zero-order chi connectivity index (χ0) is 21.1. The monoisotopic (exact) mass is 396 g/mol. The third-order valence-corrected chi connectivity index (χ3v) is 4.57. The van der Waals surface area contributed by atoms with Gasteiger partial charge in [-0.2, -0.15) is 0 Å². The molecule has 5 heteroatoms. The zero-order valence-corrected chi connectivity index (χ0v) is 17.3. The standard InChI is InChI=1S/C25H24N4O/c1-25(2,3)29-28-24(30)19-14-15-20-21(16-19)27-23(18-12-8-5-9-13-18)22(26-20)17-10-6-4-7-11-17/h4-16,29H,1-3H3,(H,28,30). The van der Waals surface area contributed by atoms with E-state index in [-0.39, 0.29) is 11.4 Å². The normalized spacial score (nSPS) is 11.4. The lowest BCUT2D eigenvalue weighted by atomic mass is 10.0. The Bertz CT molecular complexity index is 1180. The van der Waals surface area contributed by atoms with Crippen molar-refractivity contribution in [2.45, 2.75) is 26.3 Å². The highest BCUT2D eigenvalue weighted by Crippen LogP contribution is 2.31. The molecule has 1 amide bonds. The van der Waals surface area contributed by atoms with Crippen LogP contribution >= 0.6 is 0 Å². The average Bonchev–Trinajstić information content (AvgIpc) is 2.77. The Labute approximate surface area is 176 Å². The van der Waals surface area contributed by atoms with Gasteiger partial charge in [0.15, 0.2) is 0 Å². The molecule has 0 unspecified atom stereocenters. The molecule has 5 nitrogen and oxygen atoms in total. The molecule has 0 aliphatic heterocycles. The van der Waals surface area contributed by atoms with Gasteiger partial charge in [-0.1, -0.05) is 60.7 Å². The van der Waals surface area contributed by atoms with Crippen molar-refractivity contribution in [3.8, 4) is 22.5 Å². The van der Waals surface area contributed by atoms with Crippen LogP contribution in [-0.4, -0.2) is 21.4 Å². The smallest absolute Gasteiger partial charge is 0.265 e. The topological polar surface area (TPSA) is 66.9 Å². The van der Waals surface area contributed by atoms with Crippen molar-refractivity contribution in [1.82, 2.24) is 20.8 Å². The van der Waals surface area contributed by atoms with Gasteiger partial charge in [0.25, 0.3) is 5.91 Å². The number of aromatic nitrogens is 2. The van der Waals surface area contributed by atoms with Crippen LogP contribution in [-0.2, 0) is 0 Å². The molecule has 0 atom stereocenters. The highest BCUT2D eigenvalue weighted by Gasteiger charge is 2.16. The number of fused-ring (bicyclic) bond motifs is 1. The van der Waals surface area contributed by atoms with Gasteiger partial charge in [0, 0.05) is 22.2 Å².